The number of ether oxygens (including phenoxy) is 1. The highest BCUT2D eigenvalue weighted by Gasteiger charge is 2.08. The van der Waals surface area contributed by atoms with Crippen molar-refractivity contribution in [2.45, 2.75) is 20.0 Å². The Morgan fingerprint density at radius 3 is 2.37 bits per heavy atom. The number of aromatic nitrogens is 4. The van der Waals surface area contributed by atoms with Crippen LogP contribution >= 0.6 is 0 Å². The van der Waals surface area contributed by atoms with E-state index < -0.39 is 0 Å². The Kier molecular flexibility index (Phi) is 7.47. The van der Waals surface area contributed by atoms with Gasteiger partial charge < -0.3 is 10.1 Å². The summed E-state index contributed by atoms with van der Waals surface area (Å²) in [5.41, 5.74) is 2.25. The minimum Gasteiger partial charge on any atom is -0.494 e. The van der Waals surface area contributed by atoms with Gasteiger partial charge >= 0.3 is 0 Å². The normalized spacial score (nSPS) is 10.7. The third kappa shape index (κ3) is 6.08. The number of amides is 1. The second-order valence-corrected chi connectivity index (χ2v) is 7.69. The van der Waals surface area contributed by atoms with Crippen molar-refractivity contribution in [2.75, 3.05) is 13.2 Å². The van der Waals surface area contributed by atoms with Gasteiger partial charge in [-0.1, -0.05) is 30.3 Å². The molecule has 0 saturated carbocycles. The van der Waals surface area contributed by atoms with Crippen molar-refractivity contribution in [1.29, 1.82) is 0 Å². The first kappa shape index (κ1) is 23.6. The zero-order valence-corrected chi connectivity index (χ0v) is 19.3. The summed E-state index contributed by atoms with van der Waals surface area (Å²) in [5.74, 6) is 0.375. The maximum atomic E-state index is 12.5. The topological polar surface area (TPSA) is 108 Å². The van der Waals surface area contributed by atoms with E-state index in [0.29, 0.717) is 18.0 Å². The van der Waals surface area contributed by atoms with Crippen LogP contribution in [0.1, 0.15) is 6.92 Å². The van der Waals surface area contributed by atoms with Crippen molar-refractivity contribution in [3.8, 4) is 28.3 Å². The van der Waals surface area contributed by atoms with Gasteiger partial charge in [0.25, 0.3) is 11.1 Å². The molecule has 4 aromatic rings. The summed E-state index contributed by atoms with van der Waals surface area (Å²) < 4.78 is 7.96. The number of benzene rings is 2. The summed E-state index contributed by atoms with van der Waals surface area (Å²) >= 11 is 0. The Hall–Kier alpha value is -4.53. The highest BCUT2D eigenvalue weighted by Crippen LogP contribution is 2.19. The molecule has 0 saturated heterocycles. The lowest BCUT2D eigenvalue weighted by molar-refractivity contribution is -0.121. The zero-order chi connectivity index (χ0) is 24.6. The van der Waals surface area contributed by atoms with Gasteiger partial charge in [-0.3, -0.25) is 19.0 Å². The van der Waals surface area contributed by atoms with E-state index in [1.165, 1.54) is 27.7 Å². The molecule has 0 unspecified atom stereocenters. The van der Waals surface area contributed by atoms with E-state index in [4.69, 9.17) is 4.74 Å². The van der Waals surface area contributed by atoms with Crippen LogP contribution in [0.5, 0.6) is 5.75 Å². The predicted octanol–water partition coefficient (Wildman–Crippen LogP) is 2.35. The molecule has 0 aliphatic carbocycles. The highest BCUT2D eigenvalue weighted by atomic mass is 16.5. The average molecular weight is 472 g/mol. The molecule has 35 heavy (non-hydrogen) atoms. The van der Waals surface area contributed by atoms with Crippen LogP contribution in [0.4, 0.5) is 0 Å². The van der Waals surface area contributed by atoms with E-state index in [9.17, 15) is 14.4 Å². The van der Waals surface area contributed by atoms with Gasteiger partial charge in [0, 0.05) is 29.8 Å². The fraction of sp³-hybridized carbons (Fsp3) is 0.192. The van der Waals surface area contributed by atoms with Crippen molar-refractivity contribution >= 4 is 5.91 Å². The molecule has 9 heteroatoms. The summed E-state index contributed by atoms with van der Waals surface area (Å²) in [6, 6.07) is 21.3. The lowest BCUT2D eigenvalue weighted by Gasteiger charge is -2.10. The molecule has 0 radical (unpaired) electrons. The van der Waals surface area contributed by atoms with Gasteiger partial charge in [-0.25, -0.2) is 9.67 Å². The summed E-state index contributed by atoms with van der Waals surface area (Å²) in [5, 5.41) is 7.09. The third-order valence-electron chi connectivity index (χ3n) is 5.24. The Morgan fingerprint density at radius 1 is 0.914 bits per heavy atom. The summed E-state index contributed by atoms with van der Waals surface area (Å²) in [4.78, 5) is 41.3. The largest absolute Gasteiger partial charge is 0.494 e. The van der Waals surface area contributed by atoms with Crippen molar-refractivity contribution < 1.29 is 9.53 Å². The van der Waals surface area contributed by atoms with E-state index in [2.05, 4.69) is 15.4 Å². The minimum absolute atomic E-state index is 0.179. The average Bonchev–Trinajstić information content (AvgIpc) is 2.87. The van der Waals surface area contributed by atoms with Crippen LogP contribution in [0.15, 0.2) is 88.7 Å². The molecular weight excluding hydrogens is 446 g/mol. The molecule has 2 heterocycles. The minimum atomic E-state index is -0.366. The molecule has 0 spiro atoms. The van der Waals surface area contributed by atoms with Crippen LogP contribution in [0, 0.1) is 0 Å². The zero-order valence-electron chi connectivity index (χ0n) is 19.3. The van der Waals surface area contributed by atoms with Gasteiger partial charge in [-0.15, -0.1) is 0 Å². The first-order valence-corrected chi connectivity index (χ1v) is 11.2. The van der Waals surface area contributed by atoms with Crippen molar-refractivity contribution in [1.82, 2.24) is 24.6 Å². The summed E-state index contributed by atoms with van der Waals surface area (Å²) in [6.07, 6.45) is 1.35. The van der Waals surface area contributed by atoms with E-state index in [0.717, 1.165) is 16.9 Å². The molecule has 2 aromatic carbocycles. The Bertz CT molecular complexity index is 1410. The van der Waals surface area contributed by atoms with E-state index >= 15 is 0 Å². The first-order valence-electron chi connectivity index (χ1n) is 11.2. The fourth-order valence-electron chi connectivity index (χ4n) is 3.47. The number of carbonyl (C=O) groups excluding carboxylic acids is 1. The van der Waals surface area contributed by atoms with Crippen LogP contribution in [-0.4, -0.2) is 38.4 Å². The lowest BCUT2D eigenvalue weighted by atomic mass is 10.1. The van der Waals surface area contributed by atoms with Crippen LogP contribution in [-0.2, 0) is 17.9 Å². The number of hydrogen-bond donors (Lipinski definition) is 1. The number of carbonyl (C=O) groups is 1. The molecule has 9 nitrogen and oxygen atoms in total. The smallest absolute Gasteiger partial charge is 0.266 e. The van der Waals surface area contributed by atoms with Gasteiger partial charge in [0.1, 0.15) is 12.3 Å². The molecule has 0 atom stereocenters. The SMILES string of the molecule is CCOc1ccc(-c2cc(=O)n(CC(=O)NCCn3nc(-c4ccccc4)ccc3=O)cn2)cc1. The second kappa shape index (κ2) is 11.1. The Morgan fingerprint density at radius 2 is 1.66 bits per heavy atom. The fourth-order valence-corrected chi connectivity index (χ4v) is 3.47. The van der Waals surface area contributed by atoms with E-state index in [1.54, 1.807) is 6.07 Å². The second-order valence-electron chi connectivity index (χ2n) is 7.69. The molecule has 0 aliphatic rings. The van der Waals surface area contributed by atoms with Crippen LogP contribution in [0.25, 0.3) is 22.5 Å². The van der Waals surface area contributed by atoms with E-state index in [1.807, 2.05) is 61.5 Å². The maximum Gasteiger partial charge on any atom is 0.266 e. The van der Waals surface area contributed by atoms with Gasteiger partial charge in [0.2, 0.25) is 5.91 Å². The quantitative estimate of drug-likeness (QED) is 0.402. The molecule has 1 amide bonds. The number of nitrogens with zero attached hydrogens (tertiary/aromatic N) is 4. The molecule has 0 bridgehead atoms. The molecule has 4 rings (SSSR count). The number of nitrogens with one attached hydrogen (secondary N) is 1. The first-order chi connectivity index (χ1) is 17.0. The molecule has 178 valence electrons. The van der Waals surface area contributed by atoms with Crippen molar-refractivity contribution in [3.05, 3.63) is 99.8 Å². The monoisotopic (exact) mass is 471 g/mol. The maximum absolute atomic E-state index is 12.5. The van der Waals surface area contributed by atoms with Gasteiger partial charge in [0.15, 0.2) is 0 Å². The number of rotatable bonds is 9. The predicted molar refractivity (Wildman–Crippen MR) is 132 cm³/mol. The summed E-state index contributed by atoms with van der Waals surface area (Å²) in [7, 11) is 0. The summed E-state index contributed by atoms with van der Waals surface area (Å²) in [6.45, 7) is 2.70. The molecular formula is C26H25N5O4. The van der Waals surface area contributed by atoms with Gasteiger partial charge in [0.05, 0.1) is 30.9 Å². The number of hydrogen-bond acceptors (Lipinski definition) is 6. The lowest BCUT2D eigenvalue weighted by Crippen LogP contribution is -2.35. The van der Waals surface area contributed by atoms with Crippen LogP contribution in [0.3, 0.4) is 0 Å². The van der Waals surface area contributed by atoms with Crippen LogP contribution < -0.4 is 21.2 Å². The standard InChI is InChI=1S/C26H25N5O4/c1-2-35-21-10-8-20(9-11-21)23-16-26(34)30(18-28-23)17-24(32)27-14-15-31-25(33)13-12-22(29-31)19-6-4-3-5-7-19/h3-13,16,18H,2,14-15,17H2,1H3,(H,27,32). The third-order valence-corrected chi connectivity index (χ3v) is 5.24. The Balaban J connectivity index is 1.34. The van der Waals surface area contributed by atoms with Gasteiger partial charge in [-0.2, -0.15) is 5.10 Å². The highest BCUT2D eigenvalue weighted by molar-refractivity contribution is 5.75. The Labute approximate surface area is 201 Å². The van der Waals surface area contributed by atoms with Crippen molar-refractivity contribution in [3.63, 3.8) is 0 Å². The van der Waals surface area contributed by atoms with E-state index in [-0.39, 0.29) is 36.7 Å². The molecule has 0 aliphatic heterocycles. The molecule has 2 aromatic heterocycles. The molecule has 0 fully saturated rings. The molecule has 1 N–H and O–H groups in total. The van der Waals surface area contributed by atoms with Crippen molar-refractivity contribution in [2.24, 2.45) is 0 Å². The van der Waals surface area contributed by atoms with Gasteiger partial charge in [-0.05, 0) is 37.3 Å². The van der Waals surface area contributed by atoms with Crippen LogP contribution in [0.2, 0.25) is 0 Å².